The van der Waals surface area contributed by atoms with E-state index in [4.69, 9.17) is 11.6 Å². The lowest BCUT2D eigenvalue weighted by atomic mass is 9.95. The summed E-state index contributed by atoms with van der Waals surface area (Å²) in [6, 6.07) is 19.9. The standard InChI is InChI=1S/C32H38ClN3O4S/c1-23-18-19-30(24(2)20-23)36(41(39,40)28-15-8-5-9-16-28)22-31(37)35(21-26-12-10-11-17-29(26)33)25(3)32(38)34-27-13-6-4-7-14-27/h5,8-12,15-20,25,27H,4,6-7,13-14,21-22H2,1-3H3,(H,34,38). The van der Waals surface area contributed by atoms with Crippen LogP contribution in [0.4, 0.5) is 5.69 Å². The minimum atomic E-state index is -4.11. The van der Waals surface area contributed by atoms with E-state index in [-0.39, 0.29) is 23.4 Å². The van der Waals surface area contributed by atoms with Gasteiger partial charge in [-0.2, -0.15) is 0 Å². The summed E-state index contributed by atoms with van der Waals surface area (Å²) in [4.78, 5) is 29.1. The first-order valence-electron chi connectivity index (χ1n) is 14.1. The molecule has 0 spiro atoms. The van der Waals surface area contributed by atoms with Crippen LogP contribution in [-0.2, 0) is 26.2 Å². The number of carbonyl (C=O) groups is 2. The second-order valence-corrected chi connectivity index (χ2v) is 13.0. The van der Waals surface area contributed by atoms with Crippen LogP contribution in [0, 0.1) is 13.8 Å². The van der Waals surface area contributed by atoms with Crippen LogP contribution in [0.25, 0.3) is 0 Å². The molecule has 1 aliphatic carbocycles. The van der Waals surface area contributed by atoms with Crippen molar-refractivity contribution >= 4 is 39.1 Å². The molecule has 9 heteroatoms. The van der Waals surface area contributed by atoms with Gasteiger partial charge >= 0.3 is 0 Å². The smallest absolute Gasteiger partial charge is 0.264 e. The molecule has 0 saturated heterocycles. The number of rotatable bonds is 10. The molecule has 0 radical (unpaired) electrons. The van der Waals surface area contributed by atoms with Crippen LogP contribution in [0.15, 0.2) is 77.7 Å². The fraction of sp³-hybridized carbons (Fsp3) is 0.375. The highest BCUT2D eigenvalue weighted by molar-refractivity contribution is 7.92. The van der Waals surface area contributed by atoms with E-state index in [1.807, 2.05) is 32.0 Å². The van der Waals surface area contributed by atoms with Crippen molar-refractivity contribution in [3.8, 4) is 0 Å². The first kappa shape index (κ1) is 30.6. The summed E-state index contributed by atoms with van der Waals surface area (Å²) in [5, 5.41) is 3.58. The van der Waals surface area contributed by atoms with E-state index in [0.29, 0.717) is 16.3 Å². The van der Waals surface area contributed by atoms with Gasteiger partial charge in [0.05, 0.1) is 10.6 Å². The number of sulfonamides is 1. The minimum absolute atomic E-state index is 0.0594. The molecule has 3 aromatic carbocycles. The Morgan fingerprint density at radius 1 is 0.951 bits per heavy atom. The number of halogens is 1. The number of nitrogens with zero attached hydrogens (tertiary/aromatic N) is 2. The molecule has 0 aromatic heterocycles. The Kier molecular flexibility index (Phi) is 10.1. The third-order valence-corrected chi connectivity index (χ3v) is 9.79. The molecule has 4 rings (SSSR count). The molecule has 1 N–H and O–H groups in total. The maximum absolute atomic E-state index is 14.1. The lowest BCUT2D eigenvalue weighted by molar-refractivity contribution is -0.139. The molecule has 1 aliphatic rings. The number of hydrogen-bond donors (Lipinski definition) is 1. The molecular weight excluding hydrogens is 558 g/mol. The molecule has 1 fully saturated rings. The summed E-state index contributed by atoms with van der Waals surface area (Å²) in [7, 11) is -4.11. The number of amides is 2. The van der Waals surface area contributed by atoms with Crippen LogP contribution >= 0.6 is 11.6 Å². The van der Waals surface area contributed by atoms with Crippen molar-refractivity contribution in [2.45, 2.75) is 76.4 Å². The fourth-order valence-corrected chi connectivity index (χ4v) is 6.97. The quantitative estimate of drug-likeness (QED) is 0.311. The Morgan fingerprint density at radius 2 is 1.61 bits per heavy atom. The molecule has 1 atom stereocenters. The van der Waals surface area contributed by atoms with Crippen LogP contribution in [0.1, 0.15) is 55.7 Å². The van der Waals surface area contributed by atoms with Crippen LogP contribution in [0.5, 0.6) is 0 Å². The van der Waals surface area contributed by atoms with Gasteiger partial charge in [0, 0.05) is 17.6 Å². The second kappa shape index (κ2) is 13.5. The van der Waals surface area contributed by atoms with Crippen LogP contribution in [0.3, 0.4) is 0 Å². The summed E-state index contributed by atoms with van der Waals surface area (Å²) in [5.74, 6) is -0.767. The third-order valence-electron chi connectivity index (χ3n) is 7.65. The maximum Gasteiger partial charge on any atom is 0.264 e. The monoisotopic (exact) mass is 595 g/mol. The average Bonchev–Trinajstić information content (AvgIpc) is 2.96. The molecule has 1 saturated carbocycles. The van der Waals surface area contributed by atoms with Gasteiger partial charge in [-0.1, -0.05) is 85.0 Å². The number of aryl methyl sites for hydroxylation is 2. The van der Waals surface area contributed by atoms with Gasteiger partial charge in [-0.3, -0.25) is 13.9 Å². The minimum Gasteiger partial charge on any atom is -0.352 e. The summed E-state index contributed by atoms with van der Waals surface area (Å²) >= 11 is 6.46. The van der Waals surface area contributed by atoms with E-state index in [2.05, 4.69) is 5.32 Å². The number of anilines is 1. The molecule has 41 heavy (non-hydrogen) atoms. The van der Waals surface area contributed by atoms with Crippen molar-refractivity contribution in [2.75, 3.05) is 10.8 Å². The maximum atomic E-state index is 14.1. The summed E-state index contributed by atoms with van der Waals surface area (Å²) in [6.45, 7) is 5.01. The highest BCUT2D eigenvalue weighted by atomic mass is 35.5. The fourth-order valence-electron chi connectivity index (χ4n) is 5.28. The van der Waals surface area contributed by atoms with Crippen LogP contribution in [-0.4, -0.2) is 43.8 Å². The van der Waals surface area contributed by atoms with Gasteiger partial charge in [0.25, 0.3) is 10.0 Å². The van der Waals surface area contributed by atoms with E-state index in [9.17, 15) is 18.0 Å². The van der Waals surface area contributed by atoms with Gasteiger partial charge < -0.3 is 10.2 Å². The zero-order valence-corrected chi connectivity index (χ0v) is 25.4. The highest BCUT2D eigenvalue weighted by Crippen LogP contribution is 2.29. The molecule has 1 unspecified atom stereocenters. The van der Waals surface area contributed by atoms with E-state index < -0.39 is 28.5 Å². The SMILES string of the molecule is Cc1ccc(N(CC(=O)N(Cc2ccccc2Cl)C(C)C(=O)NC2CCCCC2)S(=O)(=O)c2ccccc2)c(C)c1. The van der Waals surface area contributed by atoms with Crippen molar-refractivity contribution in [1.29, 1.82) is 0 Å². The van der Waals surface area contributed by atoms with Crippen LogP contribution < -0.4 is 9.62 Å². The van der Waals surface area contributed by atoms with Crippen molar-refractivity contribution in [3.63, 3.8) is 0 Å². The molecule has 3 aromatic rings. The predicted octanol–water partition coefficient (Wildman–Crippen LogP) is 6.02. The first-order valence-corrected chi connectivity index (χ1v) is 15.9. The number of carbonyl (C=O) groups excluding carboxylic acids is 2. The second-order valence-electron chi connectivity index (χ2n) is 10.7. The number of hydrogen-bond acceptors (Lipinski definition) is 4. The molecule has 0 bridgehead atoms. The molecule has 0 aliphatic heterocycles. The molecule has 0 heterocycles. The van der Waals surface area contributed by atoms with Gasteiger partial charge in [-0.25, -0.2) is 8.42 Å². The summed E-state index contributed by atoms with van der Waals surface area (Å²) < 4.78 is 29.1. The van der Waals surface area contributed by atoms with Gasteiger partial charge in [-0.15, -0.1) is 0 Å². The number of benzene rings is 3. The zero-order chi connectivity index (χ0) is 29.6. The van der Waals surface area contributed by atoms with Crippen molar-refractivity contribution in [2.24, 2.45) is 0 Å². The van der Waals surface area contributed by atoms with Crippen molar-refractivity contribution in [3.05, 3.63) is 94.5 Å². The largest absolute Gasteiger partial charge is 0.352 e. The first-order chi connectivity index (χ1) is 19.6. The Morgan fingerprint density at radius 3 is 2.27 bits per heavy atom. The van der Waals surface area contributed by atoms with Crippen molar-refractivity contribution < 1.29 is 18.0 Å². The van der Waals surface area contributed by atoms with Crippen LogP contribution in [0.2, 0.25) is 5.02 Å². The zero-order valence-electron chi connectivity index (χ0n) is 23.8. The molecular formula is C32H38ClN3O4S. The summed E-state index contributed by atoms with van der Waals surface area (Å²) in [6.07, 6.45) is 5.09. The van der Waals surface area contributed by atoms with Gasteiger partial charge in [-0.05, 0) is 69.0 Å². The third kappa shape index (κ3) is 7.49. The number of nitrogens with one attached hydrogen (secondary N) is 1. The molecule has 218 valence electrons. The van der Waals surface area contributed by atoms with E-state index in [0.717, 1.165) is 47.5 Å². The normalized spacial score (nSPS) is 14.7. The van der Waals surface area contributed by atoms with E-state index in [1.54, 1.807) is 49.4 Å². The Balaban J connectivity index is 1.70. The Bertz CT molecular complexity index is 1470. The topological polar surface area (TPSA) is 86.8 Å². The lowest BCUT2D eigenvalue weighted by Gasteiger charge is -2.33. The van der Waals surface area contributed by atoms with E-state index in [1.165, 1.54) is 17.0 Å². The molecule has 2 amide bonds. The Labute approximate surface area is 248 Å². The van der Waals surface area contributed by atoms with Crippen molar-refractivity contribution in [1.82, 2.24) is 10.2 Å². The van der Waals surface area contributed by atoms with Gasteiger partial charge in [0.2, 0.25) is 11.8 Å². The van der Waals surface area contributed by atoms with E-state index >= 15 is 0 Å². The average molecular weight is 596 g/mol. The molecule has 7 nitrogen and oxygen atoms in total. The lowest BCUT2D eigenvalue weighted by Crippen LogP contribution is -2.53. The summed E-state index contributed by atoms with van der Waals surface area (Å²) in [5.41, 5.74) is 2.77. The Hall–Kier alpha value is -3.36. The van der Waals surface area contributed by atoms with Gasteiger partial charge in [0.15, 0.2) is 0 Å². The van der Waals surface area contributed by atoms with Gasteiger partial charge in [0.1, 0.15) is 12.6 Å². The predicted molar refractivity (Wildman–Crippen MR) is 163 cm³/mol. The highest BCUT2D eigenvalue weighted by Gasteiger charge is 2.34.